The van der Waals surface area contributed by atoms with E-state index in [1.54, 1.807) is 18.3 Å². The number of aryl methyl sites for hydroxylation is 1. The van der Waals surface area contributed by atoms with Crippen LogP contribution in [0.25, 0.3) is 11.3 Å². The minimum absolute atomic E-state index is 0.254. The molecule has 1 aliphatic heterocycles. The lowest BCUT2D eigenvalue weighted by molar-refractivity contribution is 0.195. The van der Waals surface area contributed by atoms with Gasteiger partial charge in [0.25, 0.3) is 0 Å². The molecule has 2 aromatic heterocycles. The van der Waals surface area contributed by atoms with Crippen molar-refractivity contribution in [2.75, 3.05) is 25.0 Å². The Bertz CT molecular complexity index is 872. The third-order valence-corrected chi connectivity index (χ3v) is 4.87. The van der Waals surface area contributed by atoms with Gasteiger partial charge in [0.05, 0.1) is 11.9 Å². The molecular formula is C19H20FN5O. The highest BCUT2D eigenvalue weighted by Gasteiger charge is 2.31. The zero-order valence-corrected chi connectivity index (χ0v) is 14.8. The average molecular weight is 353 g/mol. The minimum atomic E-state index is -0.254. The molecule has 1 aliphatic rings. The summed E-state index contributed by atoms with van der Waals surface area (Å²) in [4.78, 5) is 4.50. The van der Waals surface area contributed by atoms with E-state index in [2.05, 4.69) is 32.2 Å². The highest BCUT2D eigenvalue weighted by atomic mass is 19.1. The maximum atomic E-state index is 13.0. The van der Waals surface area contributed by atoms with E-state index in [9.17, 15) is 4.39 Å². The smallest absolute Gasteiger partial charge is 0.151 e. The van der Waals surface area contributed by atoms with Crippen LogP contribution in [0.3, 0.4) is 0 Å². The summed E-state index contributed by atoms with van der Waals surface area (Å²) in [5.41, 5.74) is 2.72. The van der Waals surface area contributed by atoms with E-state index in [0.29, 0.717) is 6.04 Å². The fraction of sp³-hybridized carbons (Fsp3) is 0.316. The summed E-state index contributed by atoms with van der Waals surface area (Å²) in [5.74, 6) is 1.48. The van der Waals surface area contributed by atoms with Gasteiger partial charge in [0.1, 0.15) is 11.6 Å². The first-order valence-electron chi connectivity index (χ1n) is 8.55. The molecule has 0 unspecified atom stereocenters. The Balaban J connectivity index is 1.35. The van der Waals surface area contributed by atoms with E-state index in [1.807, 2.05) is 19.1 Å². The van der Waals surface area contributed by atoms with E-state index in [0.717, 1.165) is 48.0 Å². The highest BCUT2D eigenvalue weighted by molar-refractivity contribution is 5.59. The van der Waals surface area contributed by atoms with Gasteiger partial charge in [-0.05, 0) is 50.4 Å². The predicted molar refractivity (Wildman–Crippen MR) is 96.1 cm³/mol. The molecule has 0 aliphatic carbocycles. The van der Waals surface area contributed by atoms with Crippen LogP contribution in [-0.4, -0.2) is 46.4 Å². The summed E-state index contributed by atoms with van der Waals surface area (Å²) in [7, 11) is 2.11. The van der Waals surface area contributed by atoms with Crippen molar-refractivity contribution < 1.29 is 8.91 Å². The van der Waals surface area contributed by atoms with Crippen molar-refractivity contribution in [2.24, 2.45) is 0 Å². The average Bonchev–Trinajstić information content (AvgIpc) is 3.00. The lowest BCUT2D eigenvalue weighted by Crippen LogP contribution is -2.58. The second-order valence-electron chi connectivity index (χ2n) is 6.66. The Morgan fingerprint density at radius 3 is 2.54 bits per heavy atom. The van der Waals surface area contributed by atoms with Crippen LogP contribution in [0.1, 0.15) is 11.3 Å². The molecule has 7 heteroatoms. The number of hydrogen-bond donors (Lipinski definition) is 0. The minimum Gasteiger partial charge on any atom is -0.361 e. The Hall–Kier alpha value is -2.80. The summed E-state index contributed by atoms with van der Waals surface area (Å²) in [6.45, 7) is 4.57. The largest absolute Gasteiger partial charge is 0.361 e. The number of benzene rings is 1. The van der Waals surface area contributed by atoms with Crippen LogP contribution in [0.2, 0.25) is 0 Å². The SMILES string of the molecule is Cc1oncc1CN(C)C1CN(c2ccc(-c3ccc(F)cc3)nn2)C1. The number of nitrogens with zero attached hydrogens (tertiary/aromatic N) is 5. The molecule has 4 rings (SSSR count). The molecule has 3 heterocycles. The maximum Gasteiger partial charge on any atom is 0.151 e. The van der Waals surface area contributed by atoms with Gasteiger partial charge >= 0.3 is 0 Å². The quantitative estimate of drug-likeness (QED) is 0.703. The second kappa shape index (κ2) is 6.84. The molecule has 0 radical (unpaired) electrons. The van der Waals surface area contributed by atoms with E-state index >= 15 is 0 Å². The van der Waals surface area contributed by atoms with Crippen molar-refractivity contribution in [3.63, 3.8) is 0 Å². The molecule has 0 N–H and O–H groups in total. The summed E-state index contributed by atoms with van der Waals surface area (Å²) < 4.78 is 18.1. The molecule has 0 saturated carbocycles. The molecule has 1 fully saturated rings. The van der Waals surface area contributed by atoms with Gasteiger partial charge in [0, 0.05) is 36.8 Å². The Morgan fingerprint density at radius 2 is 1.92 bits per heavy atom. The van der Waals surface area contributed by atoms with Crippen molar-refractivity contribution >= 4 is 5.82 Å². The summed E-state index contributed by atoms with van der Waals surface area (Å²) in [6.07, 6.45) is 1.78. The number of likely N-dealkylation sites (N-methyl/N-ethyl adjacent to an activating group) is 1. The van der Waals surface area contributed by atoms with Crippen LogP contribution in [0, 0.1) is 12.7 Å². The third kappa shape index (κ3) is 3.30. The second-order valence-corrected chi connectivity index (χ2v) is 6.66. The summed E-state index contributed by atoms with van der Waals surface area (Å²) >= 11 is 0. The fourth-order valence-electron chi connectivity index (χ4n) is 3.06. The Kier molecular flexibility index (Phi) is 4.38. The van der Waals surface area contributed by atoms with E-state index < -0.39 is 0 Å². The topological polar surface area (TPSA) is 58.3 Å². The molecule has 1 aromatic carbocycles. The van der Waals surface area contributed by atoms with Gasteiger partial charge < -0.3 is 9.42 Å². The number of anilines is 1. The van der Waals surface area contributed by atoms with Gasteiger partial charge in [-0.25, -0.2) is 4.39 Å². The number of halogens is 1. The van der Waals surface area contributed by atoms with Gasteiger partial charge in [-0.15, -0.1) is 10.2 Å². The molecule has 0 bridgehead atoms. The predicted octanol–water partition coefficient (Wildman–Crippen LogP) is 2.90. The van der Waals surface area contributed by atoms with Gasteiger partial charge in [-0.2, -0.15) is 0 Å². The van der Waals surface area contributed by atoms with Crippen LogP contribution in [-0.2, 0) is 6.54 Å². The molecule has 26 heavy (non-hydrogen) atoms. The molecule has 6 nitrogen and oxygen atoms in total. The van der Waals surface area contributed by atoms with Crippen molar-refractivity contribution in [3.05, 3.63) is 59.7 Å². The van der Waals surface area contributed by atoms with Crippen molar-refractivity contribution in [1.82, 2.24) is 20.3 Å². The Labute approximate surface area is 151 Å². The molecule has 1 saturated heterocycles. The first-order valence-corrected chi connectivity index (χ1v) is 8.55. The molecule has 0 spiro atoms. The molecule has 0 atom stereocenters. The maximum absolute atomic E-state index is 13.0. The first-order chi connectivity index (χ1) is 12.6. The van der Waals surface area contributed by atoms with Crippen molar-refractivity contribution in [3.8, 4) is 11.3 Å². The van der Waals surface area contributed by atoms with E-state index in [4.69, 9.17) is 4.52 Å². The van der Waals surface area contributed by atoms with Gasteiger partial charge in [-0.1, -0.05) is 5.16 Å². The van der Waals surface area contributed by atoms with Crippen LogP contribution in [0.15, 0.2) is 47.1 Å². The van der Waals surface area contributed by atoms with Crippen LogP contribution in [0.4, 0.5) is 10.2 Å². The molecule has 134 valence electrons. The lowest BCUT2D eigenvalue weighted by Gasteiger charge is -2.44. The van der Waals surface area contributed by atoms with Crippen LogP contribution >= 0.6 is 0 Å². The molecule has 3 aromatic rings. The lowest BCUT2D eigenvalue weighted by atomic mass is 10.1. The molecule has 0 amide bonds. The number of aromatic nitrogens is 3. The summed E-state index contributed by atoms with van der Waals surface area (Å²) in [5, 5.41) is 12.4. The first kappa shape index (κ1) is 16.7. The van der Waals surface area contributed by atoms with E-state index in [-0.39, 0.29) is 5.82 Å². The van der Waals surface area contributed by atoms with Crippen LogP contribution in [0.5, 0.6) is 0 Å². The van der Waals surface area contributed by atoms with Gasteiger partial charge in [-0.3, -0.25) is 4.90 Å². The monoisotopic (exact) mass is 353 g/mol. The zero-order chi connectivity index (χ0) is 18.1. The van der Waals surface area contributed by atoms with E-state index in [1.165, 1.54) is 12.1 Å². The van der Waals surface area contributed by atoms with Gasteiger partial charge in [0.15, 0.2) is 5.82 Å². The fourth-order valence-corrected chi connectivity index (χ4v) is 3.06. The standard InChI is InChI=1S/C19H20FN5O/c1-13-15(9-21-26-13)10-24(2)17-11-25(12-17)19-8-7-18(22-23-19)14-3-5-16(20)6-4-14/h3-9,17H,10-12H2,1-2H3. The van der Waals surface area contributed by atoms with Crippen molar-refractivity contribution in [2.45, 2.75) is 19.5 Å². The Morgan fingerprint density at radius 1 is 1.15 bits per heavy atom. The normalized spacial score (nSPS) is 14.7. The molecular weight excluding hydrogens is 333 g/mol. The van der Waals surface area contributed by atoms with Crippen molar-refractivity contribution in [1.29, 1.82) is 0 Å². The van der Waals surface area contributed by atoms with Crippen LogP contribution < -0.4 is 4.90 Å². The van der Waals surface area contributed by atoms with Gasteiger partial charge in [0.2, 0.25) is 0 Å². The number of hydrogen-bond acceptors (Lipinski definition) is 6. The summed E-state index contributed by atoms with van der Waals surface area (Å²) in [6, 6.07) is 10.6. The third-order valence-electron chi connectivity index (χ3n) is 4.87. The number of rotatable bonds is 5. The zero-order valence-electron chi connectivity index (χ0n) is 14.8. The highest BCUT2D eigenvalue weighted by Crippen LogP contribution is 2.24.